The molecule has 1 aromatic heterocycles. The highest BCUT2D eigenvalue weighted by Crippen LogP contribution is 2.14. The lowest BCUT2D eigenvalue weighted by atomic mass is 10.1. The van der Waals surface area contributed by atoms with Gasteiger partial charge in [0.05, 0.1) is 5.69 Å². The summed E-state index contributed by atoms with van der Waals surface area (Å²) in [7, 11) is 1.64. The van der Waals surface area contributed by atoms with E-state index in [1.54, 1.807) is 7.05 Å². The molecule has 0 aliphatic rings. The molecule has 0 atom stereocenters. The van der Waals surface area contributed by atoms with E-state index in [1.807, 2.05) is 45.0 Å². The first kappa shape index (κ1) is 21.5. The van der Waals surface area contributed by atoms with Gasteiger partial charge in [-0.1, -0.05) is 17.3 Å². The lowest BCUT2D eigenvalue weighted by molar-refractivity contribution is 0.0963. The zero-order chi connectivity index (χ0) is 20.4. The minimum absolute atomic E-state index is 0.0667. The summed E-state index contributed by atoms with van der Waals surface area (Å²) in [6.45, 7) is 8.25. The summed E-state index contributed by atoms with van der Waals surface area (Å²) in [5.41, 5.74) is 3.94. The van der Waals surface area contributed by atoms with Crippen LogP contribution in [0.5, 0.6) is 0 Å². The molecule has 7 heteroatoms. The average molecular weight is 386 g/mol. The molecule has 1 aromatic carbocycles. The molecule has 3 N–H and O–H groups in total. The minimum atomic E-state index is -0.0667. The summed E-state index contributed by atoms with van der Waals surface area (Å²) in [6.07, 6.45) is 2.67. The van der Waals surface area contributed by atoms with Gasteiger partial charge in [0.1, 0.15) is 5.76 Å². The number of benzene rings is 1. The third-order valence-electron chi connectivity index (χ3n) is 4.50. The molecule has 0 aliphatic carbocycles. The van der Waals surface area contributed by atoms with Crippen LogP contribution in [0.2, 0.25) is 0 Å². The van der Waals surface area contributed by atoms with E-state index in [2.05, 4.69) is 26.1 Å². The van der Waals surface area contributed by atoms with E-state index >= 15 is 0 Å². The summed E-state index contributed by atoms with van der Waals surface area (Å²) in [6, 6.07) is 7.68. The number of hydrogen-bond acceptors (Lipinski definition) is 4. The Morgan fingerprint density at radius 1 is 1.21 bits per heavy atom. The molecule has 152 valence electrons. The monoisotopic (exact) mass is 385 g/mol. The maximum atomic E-state index is 11.7. The van der Waals surface area contributed by atoms with E-state index in [1.165, 1.54) is 5.56 Å². The Labute approximate surface area is 167 Å². The molecule has 2 rings (SSSR count). The number of rotatable bonds is 9. The third-order valence-corrected chi connectivity index (χ3v) is 4.50. The number of aryl methyl sites for hydroxylation is 2. The number of aromatic nitrogens is 1. The maximum Gasteiger partial charge on any atom is 0.251 e. The van der Waals surface area contributed by atoms with Crippen molar-refractivity contribution < 1.29 is 9.32 Å². The van der Waals surface area contributed by atoms with Gasteiger partial charge in [0.2, 0.25) is 0 Å². The Hall–Kier alpha value is -2.83. The molecule has 0 bridgehead atoms. The topological polar surface area (TPSA) is 91.6 Å². The van der Waals surface area contributed by atoms with Gasteiger partial charge in [0.15, 0.2) is 5.96 Å². The molecule has 0 radical (unpaired) electrons. The summed E-state index contributed by atoms with van der Waals surface area (Å²) in [5.74, 6) is 1.64. The lowest BCUT2D eigenvalue weighted by Crippen LogP contribution is -2.38. The van der Waals surface area contributed by atoms with Crippen LogP contribution in [0, 0.1) is 13.8 Å². The molecule has 0 aliphatic heterocycles. The smallest absolute Gasteiger partial charge is 0.251 e. The number of nitrogens with one attached hydrogen (secondary N) is 3. The van der Waals surface area contributed by atoms with Gasteiger partial charge in [0.25, 0.3) is 5.91 Å². The number of carbonyl (C=O) groups is 1. The summed E-state index contributed by atoms with van der Waals surface area (Å²) < 4.78 is 5.20. The van der Waals surface area contributed by atoms with Gasteiger partial charge in [-0.15, -0.1) is 0 Å². The number of carbonyl (C=O) groups excluding carboxylic acids is 1. The maximum absolute atomic E-state index is 11.7. The van der Waals surface area contributed by atoms with E-state index in [0.717, 1.165) is 61.9 Å². The zero-order valence-corrected chi connectivity index (χ0v) is 17.3. The second kappa shape index (κ2) is 11.1. The fraction of sp³-hybridized carbons (Fsp3) is 0.476. The first-order valence-corrected chi connectivity index (χ1v) is 9.80. The van der Waals surface area contributed by atoms with Crippen molar-refractivity contribution in [1.82, 2.24) is 21.1 Å². The van der Waals surface area contributed by atoms with Crippen LogP contribution < -0.4 is 16.0 Å². The van der Waals surface area contributed by atoms with Crippen LogP contribution in [0.4, 0.5) is 0 Å². The first-order chi connectivity index (χ1) is 13.5. The normalized spacial score (nSPS) is 11.4. The molecule has 1 heterocycles. The van der Waals surface area contributed by atoms with Gasteiger partial charge in [-0.3, -0.25) is 9.79 Å². The van der Waals surface area contributed by atoms with Crippen LogP contribution in [0.25, 0.3) is 0 Å². The second-order valence-electron chi connectivity index (χ2n) is 6.62. The average Bonchev–Trinajstić information content (AvgIpc) is 3.02. The fourth-order valence-electron chi connectivity index (χ4n) is 2.98. The van der Waals surface area contributed by atoms with Crippen molar-refractivity contribution in [3.05, 3.63) is 52.4 Å². The van der Waals surface area contributed by atoms with Crippen molar-refractivity contribution in [3.63, 3.8) is 0 Å². The van der Waals surface area contributed by atoms with Crippen LogP contribution in [0.1, 0.15) is 46.3 Å². The molecule has 7 nitrogen and oxygen atoms in total. The van der Waals surface area contributed by atoms with Gasteiger partial charge in [-0.05, 0) is 57.7 Å². The summed E-state index contributed by atoms with van der Waals surface area (Å²) >= 11 is 0. The molecule has 0 saturated carbocycles. The van der Waals surface area contributed by atoms with Crippen molar-refractivity contribution in [2.24, 2.45) is 4.99 Å². The summed E-state index contributed by atoms with van der Waals surface area (Å²) in [4.78, 5) is 16.4. The molecular weight excluding hydrogens is 354 g/mol. The molecular formula is C21H31N5O2. The molecule has 0 fully saturated rings. The van der Waals surface area contributed by atoms with Gasteiger partial charge >= 0.3 is 0 Å². The van der Waals surface area contributed by atoms with Crippen molar-refractivity contribution in [3.8, 4) is 0 Å². The second-order valence-corrected chi connectivity index (χ2v) is 6.62. The van der Waals surface area contributed by atoms with Crippen LogP contribution in [0.3, 0.4) is 0 Å². The van der Waals surface area contributed by atoms with Crippen LogP contribution in [-0.4, -0.2) is 43.7 Å². The Balaban J connectivity index is 1.82. The van der Waals surface area contributed by atoms with Gasteiger partial charge in [-0.25, -0.2) is 0 Å². The molecule has 28 heavy (non-hydrogen) atoms. The van der Waals surface area contributed by atoms with Crippen LogP contribution >= 0.6 is 0 Å². The molecule has 0 saturated heterocycles. The van der Waals surface area contributed by atoms with Crippen molar-refractivity contribution in [2.75, 3.05) is 26.7 Å². The minimum Gasteiger partial charge on any atom is -0.361 e. The van der Waals surface area contributed by atoms with Crippen LogP contribution in [0.15, 0.2) is 33.8 Å². The quantitative estimate of drug-likeness (QED) is 0.350. The Bertz CT molecular complexity index is 778. The molecule has 0 spiro atoms. The van der Waals surface area contributed by atoms with Gasteiger partial charge < -0.3 is 20.5 Å². The third kappa shape index (κ3) is 6.40. The lowest BCUT2D eigenvalue weighted by Gasteiger charge is -2.11. The Morgan fingerprint density at radius 3 is 2.71 bits per heavy atom. The van der Waals surface area contributed by atoms with E-state index in [0.29, 0.717) is 5.56 Å². The SMILES string of the molecule is CCNC(=NCCCc1c(C)noc1C)NCCc1cccc(C(=O)NC)c1. The predicted octanol–water partition coefficient (Wildman–Crippen LogP) is 2.38. The van der Waals surface area contributed by atoms with Crippen molar-refractivity contribution >= 4 is 11.9 Å². The molecule has 1 amide bonds. The number of hydrogen-bond donors (Lipinski definition) is 3. The highest BCUT2D eigenvalue weighted by Gasteiger charge is 2.08. The highest BCUT2D eigenvalue weighted by molar-refractivity contribution is 5.94. The Kier molecular flexibility index (Phi) is 8.52. The van der Waals surface area contributed by atoms with Crippen molar-refractivity contribution in [1.29, 1.82) is 0 Å². The highest BCUT2D eigenvalue weighted by atomic mass is 16.5. The number of guanidine groups is 1. The van der Waals surface area contributed by atoms with Gasteiger partial charge in [-0.2, -0.15) is 0 Å². The van der Waals surface area contributed by atoms with Crippen molar-refractivity contribution in [2.45, 2.75) is 40.0 Å². The largest absolute Gasteiger partial charge is 0.361 e. The Morgan fingerprint density at radius 2 is 2.04 bits per heavy atom. The first-order valence-electron chi connectivity index (χ1n) is 9.80. The van der Waals surface area contributed by atoms with E-state index < -0.39 is 0 Å². The standard InChI is InChI=1S/C21H31N5O2/c1-5-23-21(24-12-7-10-19-15(2)26-28-16(19)3)25-13-11-17-8-6-9-18(14-17)20(27)22-4/h6,8-9,14H,5,7,10-13H2,1-4H3,(H,22,27)(H2,23,24,25). The number of aliphatic imine (C=N–C) groups is 1. The molecule has 2 aromatic rings. The van der Waals surface area contributed by atoms with E-state index in [4.69, 9.17) is 4.52 Å². The molecule has 0 unspecified atom stereocenters. The van der Waals surface area contributed by atoms with Gasteiger partial charge in [0, 0.05) is 37.8 Å². The van der Waals surface area contributed by atoms with E-state index in [-0.39, 0.29) is 5.91 Å². The predicted molar refractivity (Wildman–Crippen MR) is 112 cm³/mol. The number of nitrogens with zero attached hydrogens (tertiary/aromatic N) is 2. The zero-order valence-electron chi connectivity index (χ0n) is 17.3. The van der Waals surface area contributed by atoms with E-state index in [9.17, 15) is 4.79 Å². The fourth-order valence-corrected chi connectivity index (χ4v) is 2.98. The van der Waals surface area contributed by atoms with Crippen LogP contribution in [-0.2, 0) is 12.8 Å². The number of amides is 1. The summed E-state index contributed by atoms with van der Waals surface area (Å²) in [5, 5.41) is 13.3.